The zero-order valence-corrected chi connectivity index (χ0v) is 15.1. The standard InChI is InChI=1S/C17H18N.CHF3O3S/c1-3-13-14(4-2)16-11-7-8-12-18(16)17-10-6-5-9-15(13)17;2-1(3,4)8(5,6)7/h5-12H,3-4H2,1-2H3;(H,5,6,7)/q+1;/p-1. The summed E-state index contributed by atoms with van der Waals surface area (Å²) < 4.78 is 61.2. The second-order valence-electron chi connectivity index (χ2n) is 5.54. The number of pyridine rings is 2. The van der Waals surface area contributed by atoms with E-state index in [4.69, 9.17) is 13.0 Å². The highest BCUT2D eigenvalue weighted by Gasteiger charge is 2.36. The summed E-state index contributed by atoms with van der Waals surface area (Å²) in [5, 5.41) is 1.39. The van der Waals surface area contributed by atoms with Gasteiger partial charge in [0.25, 0.3) is 0 Å². The monoisotopic (exact) mass is 385 g/mol. The van der Waals surface area contributed by atoms with E-state index in [1.807, 2.05) is 0 Å². The normalized spacial score (nSPS) is 12.1. The minimum atomic E-state index is -6.09. The Morgan fingerprint density at radius 1 is 0.923 bits per heavy atom. The first kappa shape index (κ1) is 20.1. The molecule has 8 heteroatoms. The van der Waals surface area contributed by atoms with E-state index in [1.54, 1.807) is 0 Å². The quantitative estimate of drug-likeness (QED) is 0.292. The molecule has 2 heterocycles. The van der Waals surface area contributed by atoms with Crippen molar-refractivity contribution in [1.29, 1.82) is 0 Å². The van der Waals surface area contributed by atoms with Crippen LogP contribution in [0.1, 0.15) is 25.0 Å². The molecule has 0 aliphatic carbocycles. The van der Waals surface area contributed by atoms with Gasteiger partial charge in [0.05, 0.1) is 5.39 Å². The Morgan fingerprint density at radius 2 is 1.42 bits per heavy atom. The maximum atomic E-state index is 10.7. The molecule has 0 aliphatic rings. The molecule has 0 radical (unpaired) electrons. The van der Waals surface area contributed by atoms with Gasteiger partial charge in [0.1, 0.15) is 0 Å². The van der Waals surface area contributed by atoms with Gasteiger partial charge in [-0.3, -0.25) is 0 Å². The molecule has 0 saturated carbocycles. The van der Waals surface area contributed by atoms with Crippen molar-refractivity contribution >= 4 is 26.5 Å². The Balaban J connectivity index is 0.000000260. The van der Waals surface area contributed by atoms with Crippen molar-refractivity contribution in [2.24, 2.45) is 0 Å². The number of alkyl halides is 3. The Morgan fingerprint density at radius 3 is 1.96 bits per heavy atom. The van der Waals surface area contributed by atoms with E-state index in [1.165, 1.54) is 27.5 Å². The summed E-state index contributed by atoms with van der Waals surface area (Å²) in [6, 6.07) is 15.2. The number of hydrogen-bond acceptors (Lipinski definition) is 3. The molecule has 0 fully saturated rings. The molecule has 0 bridgehead atoms. The number of nitrogens with zero attached hydrogens (tertiary/aromatic N) is 1. The molecule has 140 valence electrons. The maximum absolute atomic E-state index is 10.7. The molecule has 0 aliphatic heterocycles. The van der Waals surface area contributed by atoms with Gasteiger partial charge in [-0.15, -0.1) is 0 Å². The first-order valence-corrected chi connectivity index (χ1v) is 9.37. The van der Waals surface area contributed by atoms with Crippen LogP contribution in [-0.4, -0.2) is 18.5 Å². The molecule has 3 rings (SSSR count). The number of rotatable bonds is 2. The van der Waals surface area contributed by atoms with Gasteiger partial charge in [0.15, 0.2) is 16.3 Å². The lowest BCUT2D eigenvalue weighted by Gasteiger charge is -2.09. The minimum Gasteiger partial charge on any atom is -0.741 e. The summed E-state index contributed by atoms with van der Waals surface area (Å²) in [5.74, 6) is 0. The zero-order valence-electron chi connectivity index (χ0n) is 14.2. The Bertz CT molecular complexity index is 968. The largest absolute Gasteiger partial charge is 0.741 e. The van der Waals surface area contributed by atoms with Gasteiger partial charge >= 0.3 is 5.51 Å². The number of aryl methyl sites for hydroxylation is 2. The summed E-state index contributed by atoms with van der Waals surface area (Å²) in [6.45, 7) is 4.50. The molecule has 3 aromatic rings. The zero-order chi connectivity index (χ0) is 19.5. The van der Waals surface area contributed by atoms with Crippen LogP contribution in [-0.2, 0) is 23.0 Å². The van der Waals surface area contributed by atoms with Crippen LogP contribution in [0.5, 0.6) is 0 Å². The van der Waals surface area contributed by atoms with Crippen LogP contribution >= 0.6 is 0 Å². The smallest absolute Gasteiger partial charge is 0.485 e. The summed E-state index contributed by atoms with van der Waals surface area (Å²) in [5.41, 5.74) is -0.0127. The highest BCUT2D eigenvalue weighted by molar-refractivity contribution is 7.86. The third-order valence-corrected chi connectivity index (χ3v) is 4.58. The predicted molar refractivity (Wildman–Crippen MR) is 91.6 cm³/mol. The first-order chi connectivity index (χ1) is 12.1. The van der Waals surface area contributed by atoms with Gasteiger partial charge in [-0.1, -0.05) is 26.0 Å². The van der Waals surface area contributed by atoms with Gasteiger partial charge in [-0.2, -0.15) is 17.6 Å². The van der Waals surface area contributed by atoms with Crippen LogP contribution in [0.4, 0.5) is 13.2 Å². The van der Waals surface area contributed by atoms with Crippen LogP contribution in [0.25, 0.3) is 16.4 Å². The number of fused-ring (bicyclic) bond motifs is 3. The Hall–Kier alpha value is -2.19. The number of benzene rings is 1. The molecular formula is C18H18F3NO3S. The van der Waals surface area contributed by atoms with Crippen LogP contribution < -0.4 is 4.40 Å². The van der Waals surface area contributed by atoms with E-state index >= 15 is 0 Å². The fourth-order valence-electron chi connectivity index (χ4n) is 2.95. The second-order valence-corrected chi connectivity index (χ2v) is 6.91. The van der Waals surface area contributed by atoms with Gasteiger partial charge < -0.3 is 4.55 Å². The summed E-state index contributed by atoms with van der Waals surface area (Å²) in [4.78, 5) is 0. The van der Waals surface area contributed by atoms with Crippen molar-refractivity contribution in [3.8, 4) is 0 Å². The fourth-order valence-corrected chi connectivity index (χ4v) is 2.95. The molecule has 0 saturated heterocycles. The van der Waals surface area contributed by atoms with Crippen molar-refractivity contribution in [1.82, 2.24) is 0 Å². The van der Waals surface area contributed by atoms with Crippen LogP contribution in [0, 0.1) is 0 Å². The molecular weight excluding hydrogens is 367 g/mol. The maximum Gasteiger partial charge on any atom is 0.485 e. The third-order valence-electron chi connectivity index (χ3n) is 4.01. The van der Waals surface area contributed by atoms with Gasteiger partial charge in [-0.05, 0) is 30.5 Å². The molecule has 1 aromatic carbocycles. The number of halogens is 3. The molecule has 0 unspecified atom stereocenters. The van der Waals surface area contributed by atoms with E-state index in [0.717, 1.165) is 12.8 Å². The first-order valence-electron chi connectivity index (χ1n) is 7.96. The van der Waals surface area contributed by atoms with Crippen molar-refractivity contribution in [2.45, 2.75) is 32.2 Å². The van der Waals surface area contributed by atoms with E-state index in [2.05, 4.69) is 66.9 Å². The van der Waals surface area contributed by atoms with Gasteiger partial charge in [0.2, 0.25) is 11.0 Å². The predicted octanol–water partition coefficient (Wildman–Crippen LogP) is 3.75. The van der Waals surface area contributed by atoms with Crippen molar-refractivity contribution in [2.75, 3.05) is 0 Å². The second kappa shape index (κ2) is 7.59. The highest BCUT2D eigenvalue weighted by atomic mass is 32.2. The minimum absolute atomic E-state index is 1.08. The van der Waals surface area contributed by atoms with E-state index < -0.39 is 15.6 Å². The Labute approximate surface area is 149 Å². The summed E-state index contributed by atoms with van der Waals surface area (Å²) in [7, 11) is -6.09. The summed E-state index contributed by atoms with van der Waals surface area (Å²) >= 11 is 0. The molecule has 0 atom stereocenters. The number of aromatic nitrogens is 1. The van der Waals surface area contributed by atoms with Crippen molar-refractivity contribution < 1.29 is 30.5 Å². The average Bonchev–Trinajstić information content (AvgIpc) is 2.59. The van der Waals surface area contributed by atoms with Gasteiger partial charge in [0, 0.05) is 23.8 Å². The van der Waals surface area contributed by atoms with Crippen LogP contribution in [0.2, 0.25) is 0 Å². The fraction of sp³-hybridized carbons (Fsp3) is 0.278. The Kier molecular flexibility index (Phi) is 5.87. The SMILES string of the molecule is CCc1c(CC)c2cccc[n+]2c2ccccc12.O=S(=O)([O-])C(F)(F)F. The molecule has 0 spiro atoms. The van der Waals surface area contributed by atoms with Crippen molar-refractivity contribution in [3.05, 3.63) is 59.8 Å². The lowest BCUT2D eigenvalue weighted by Crippen LogP contribution is -2.24. The molecule has 0 N–H and O–H groups in total. The van der Waals surface area contributed by atoms with E-state index in [0.29, 0.717) is 0 Å². The van der Waals surface area contributed by atoms with E-state index in [-0.39, 0.29) is 0 Å². The molecule has 2 aromatic heterocycles. The average molecular weight is 385 g/mol. The van der Waals surface area contributed by atoms with E-state index in [9.17, 15) is 13.2 Å². The summed E-state index contributed by atoms with van der Waals surface area (Å²) in [6.07, 6.45) is 4.34. The van der Waals surface area contributed by atoms with Crippen molar-refractivity contribution in [3.63, 3.8) is 0 Å². The van der Waals surface area contributed by atoms with Crippen LogP contribution in [0.3, 0.4) is 0 Å². The number of hydrogen-bond donors (Lipinski definition) is 0. The van der Waals surface area contributed by atoms with Gasteiger partial charge in [-0.25, -0.2) is 8.42 Å². The highest BCUT2D eigenvalue weighted by Crippen LogP contribution is 2.24. The topological polar surface area (TPSA) is 61.3 Å². The van der Waals surface area contributed by atoms with Crippen LogP contribution in [0.15, 0.2) is 48.7 Å². The molecule has 4 nitrogen and oxygen atoms in total. The lowest BCUT2D eigenvalue weighted by atomic mass is 9.97. The lowest BCUT2D eigenvalue weighted by molar-refractivity contribution is -0.482. The number of para-hydroxylation sites is 1. The molecule has 26 heavy (non-hydrogen) atoms. The molecule has 0 amide bonds. The third kappa shape index (κ3) is 3.96.